The molecule has 6 heteroatoms. The molecule has 0 saturated carbocycles. The second-order valence-electron chi connectivity index (χ2n) is 4.58. The quantitative estimate of drug-likeness (QED) is 0.759. The van der Waals surface area contributed by atoms with Crippen LogP contribution in [0.15, 0.2) is 12.3 Å². The number of carbonyl (C=O) groups is 1. The summed E-state index contributed by atoms with van der Waals surface area (Å²) >= 11 is 0. The van der Waals surface area contributed by atoms with Gasteiger partial charge in [-0.3, -0.25) is 14.7 Å². The third-order valence-corrected chi connectivity index (χ3v) is 3.18. The lowest BCUT2D eigenvalue weighted by Gasteiger charge is -2.28. The van der Waals surface area contributed by atoms with Crippen molar-refractivity contribution in [2.24, 2.45) is 0 Å². The van der Waals surface area contributed by atoms with Crippen LogP contribution in [0, 0.1) is 0 Å². The van der Waals surface area contributed by atoms with Gasteiger partial charge in [0.1, 0.15) is 0 Å². The molecule has 1 aliphatic heterocycles. The maximum atomic E-state index is 11.7. The lowest BCUT2D eigenvalue weighted by Crippen LogP contribution is -2.49. The number of hydrogen-bond acceptors (Lipinski definition) is 4. The Balaban J connectivity index is 1.90. The normalized spacial score (nSPS) is 20.4. The molecule has 1 aromatic heterocycles. The van der Waals surface area contributed by atoms with E-state index >= 15 is 0 Å². The third kappa shape index (κ3) is 2.88. The molecule has 2 N–H and O–H groups in total. The first-order chi connectivity index (χ1) is 8.72. The lowest BCUT2D eigenvalue weighted by atomic mass is 10.1. The Labute approximate surface area is 107 Å². The molecule has 1 aliphatic rings. The van der Waals surface area contributed by atoms with Crippen LogP contribution >= 0.6 is 0 Å². The Kier molecular flexibility index (Phi) is 4.33. The van der Waals surface area contributed by atoms with Crippen LogP contribution in [0.1, 0.15) is 31.9 Å². The monoisotopic (exact) mass is 252 g/mol. The zero-order valence-electron chi connectivity index (χ0n) is 10.7. The van der Waals surface area contributed by atoms with Crippen LogP contribution < -0.4 is 5.32 Å². The first-order valence-corrected chi connectivity index (χ1v) is 6.46. The molecule has 0 bridgehead atoms. The van der Waals surface area contributed by atoms with Gasteiger partial charge in [0.2, 0.25) is 0 Å². The summed E-state index contributed by atoms with van der Waals surface area (Å²) < 4.78 is 1.94. The topological polar surface area (TPSA) is 70.4 Å². The molecular formula is C12H20N4O2. The van der Waals surface area contributed by atoms with Crippen LogP contribution in [0.25, 0.3) is 0 Å². The number of rotatable bonds is 5. The summed E-state index contributed by atoms with van der Waals surface area (Å²) in [6, 6.07) is 1.67. The van der Waals surface area contributed by atoms with Crippen molar-refractivity contribution >= 4 is 5.91 Å². The van der Waals surface area contributed by atoms with Crippen molar-refractivity contribution in [1.82, 2.24) is 20.2 Å². The first-order valence-electron chi connectivity index (χ1n) is 6.46. The summed E-state index contributed by atoms with van der Waals surface area (Å²) in [5.74, 6) is -0.234. The van der Waals surface area contributed by atoms with Crippen LogP contribution in [-0.4, -0.2) is 38.5 Å². The molecule has 1 amide bonds. The Morgan fingerprint density at radius 3 is 3.22 bits per heavy atom. The predicted octanol–water partition coefficient (Wildman–Crippen LogP) is 0.763. The van der Waals surface area contributed by atoms with Gasteiger partial charge in [-0.2, -0.15) is 5.10 Å². The van der Waals surface area contributed by atoms with Crippen molar-refractivity contribution in [2.45, 2.75) is 45.3 Å². The predicted molar refractivity (Wildman–Crippen MR) is 65.9 cm³/mol. The van der Waals surface area contributed by atoms with Gasteiger partial charge < -0.3 is 5.32 Å². The van der Waals surface area contributed by atoms with Gasteiger partial charge in [-0.1, -0.05) is 6.92 Å². The van der Waals surface area contributed by atoms with Crippen molar-refractivity contribution < 1.29 is 10.0 Å². The molecule has 0 radical (unpaired) electrons. The highest BCUT2D eigenvalue weighted by Gasteiger charge is 2.27. The molecule has 0 aliphatic carbocycles. The van der Waals surface area contributed by atoms with Gasteiger partial charge in [0.25, 0.3) is 5.91 Å². The van der Waals surface area contributed by atoms with Gasteiger partial charge in [-0.15, -0.1) is 0 Å². The summed E-state index contributed by atoms with van der Waals surface area (Å²) in [5, 5.41) is 17.6. The molecule has 1 aromatic rings. The van der Waals surface area contributed by atoms with E-state index < -0.39 is 0 Å². The Bertz CT molecular complexity index is 405. The SMILES string of the molecule is CCCn1nccc1CNC1CCCN(O)C1=O. The number of hydroxylamine groups is 2. The van der Waals surface area contributed by atoms with Crippen LogP contribution in [-0.2, 0) is 17.9 Å². The van der Waals surface area contributed by atoms with E-state index in [2.05, 4.69) is 17.3 Å². The van der Waals surface area contributed by atoms with E-state index in [1.807, 2.05) is 10.7 Å². The zero-order chi connectivity index (χ0) is 13.0. The van der Waals surface area contributed by atoms with E-state index in [0.717, 1.165) is 36.6 Å². The number of amides is 1. The smallest absolute Gasteiger partial charge is 0.263 e. The minimum absolute atomic E-state index is 0.234. The summed E-state index contributed by atoms with van der Waals surface area (Å²) in [4.78, 5) is 11.7. The van der Waals surface area contributed by atoms with Gasteiger partial charge in [0.05, 0.1) is 11.7 Å². The summed E-state index contributed by atoms with van der Waals surface area (Å²) in [7, 11) is 0. The molecule has 6 nitrogen and oxygen atoms in total. The van der Waals surface area contributed by atoms with Crippen LogP contribution in [0.5, 0.6) is 0 Å². The van der Waals surface area contributed by atoms with Crippen LogP contribution in [0.3, 0.4) is 0 Å². The average Bonchev–Trinajstić information content (AvgIpc) is 2.79. The van der Waals surface area contributed by atoms with Crippen LogP contribution in [0.4, 0.5) is 0 Å². The number of aryl methyl sites for hydroxylation is 1. The van der Waals surface area contributed by atoms with Gasteiger partial charge in [-0.05, 0) is 25.3 Å². The summed E-state index contributed by atoms with van der Waals surface area (Å²) in [6.07, 6.45) is 4.40. The van der Waals surface area contributed by atoms with E-state index in [1.165, 1.54) is 0 Å². The van der Waals surface area contributed by atoms with Crippen molar-refractivity contribution in [2.75, 3.05) is 6.54 Å². The Hall–Kier alpha value is -1.40. The fraction of sp³-hybridized carbons (Fsp3) is 0.667. The highest BCUT2D eigenvalue weighted by molar-refractivity contribution is 5.81. The maximum absolute atomic E-state index is 11.7. The third-order valence-electron chi connectivity index (χ3n) is 3.18. The number of piperidine rings is 1. The summed E-state index contributed by atoms with van der Waals surface area (Å²) in [5.41, 5.74) is 1.07. The average molecular weight is 252 g/mol. The van der Waals surface area contributed by atoms with Gasteiger partial charge in [0.15, 0.2) is 0 Å². The fourth-order valence-corrected chi connectivity index (χ4v) is 2.20. The van der Waals surface area contributed by atoms with Crippen LogP contribution in [0.2, 0.25) is 0 Å². The summed E-state index contributed by atoms with van der Waals surface area (Å²) in [6.45, 7) is 4.02. The molecule has 2 heterocycles. The fourth-order valence-electron chi connectivity index (χ4n) is 2.20. The van der Waals surface area contributed by atoms with Gasteiger partial charge in [0, 0.05) is 25.8 Å². The minimum atomic E-state index is -0.284. The Morgan fingerprint density at radius 2 is 2.44 bits per heavy atom. The molecule has 2 rings (SSSR count). The van der Waals surface area contributed by atoms with E-state index in [1.54, 1.807) is 6.20 Å². The number of hydrogen-bond donors (Lipinski definition) is 2. The van der Waals surface area contributed by atoms with E-state index in [0.29, 0.717) is 13.1 Å². The first kappa shape index (κ1) is 13.0. The second-order valence-corrected chi connectivity index (χ2v) is 4.58. The Morgan fingerprint density at radius 1 is 1.61 bits per heavy atom. The largest absolute Gasteiger partial charge is 0.300 e. The molecule has 18 heavy (non-hydrogen) atoms. The van der Waals surface area contributed by atoms with Crippen molar-refractivity contribution in [1.29, 1.82) is 0 Å². The van der Waals surface area contributed by atoms with E-state index in [-0.39, 0.29) is 11.9 Å². The lowest BCUT2D eigenvalue weighted by molar-refractivity contribution is -0.172. The number of carbonyl (C=O) groups excluding carboxylic acids is 1. The van der Waals surface area contributed by atoms with Crippen molar-refractivity contribution in [3.63, 3.8) is 0 Å². The number of nitrogens with zero attached hydrogens (tertiary/aromatic N) is 3. The molecular weight excluding hydrogens is 232 g/mol. The standard InChI is InChI=1S/C12H20N4O2/c1-2-7-15-10(5-6-14-15)9-13-11-4-3-8-16(18)12(11)17/h5-6,11,13,18H,2-4,7-9H2,1H3. The molecule has 100 valence electrons. The molecule has 1 saturated heterocycles. The second kappa shape index (κ2) is 5.97. The molecule has 1 atom stereocenters. The molecule has 1 unspecified atom stereocenters. The van der Waals surface area contributed by atoms with Gasteiger partial charge in [-0.25, -0.2) is 5.06 Å². The number of nitrogens with one attached hydrogen (secondary N) is 1. The molecule has 0 aromatic carbocycles. The zero-order valence-corrected chi connectivity index (χ0v) is 10.7. The number of aromatic nitrogens is 2. The van der Waals surface area contributed by atoms with E-state index in [9.17, 15) is 10.0 Å². The highest BCUT2D eigenvalue weighted by Crippen LogP contribution is 2.10. The highest BCUT2D eigenvalue weighted by atomic mass is 16.5. The van der Waals surface area contributed by atoms with Crippen molar-refractivity contribution in [3.8, 4) is 0 Å². The van der Waals surface area contributed by atoms with Gasteiger partial charge >= 0.3 is 0 Å². The molecule has 1 fully saturated rings. The maximum Gasteiger partial charge on any atom is 0.263 e. The minimum Gasteiger partial charge on any atom is -0.300 e. The van der Waals surface area contributed by atoms with E-state index in [4.69, 9.17) is 0 Å². The van der Waals surface area contributed by atoms with Crippen molar-refractivity contribution in [3.05, 3.63) is 18.0 Å². The molecule has 0 spiro atoms.